The molecule has 0 unspecified atom stereocenters. The topological polar surface area (TPSA) is 76.4 Å². The van der Waals surface area contributed by atoms with Crippen LogP contribution in [-0.4, -0.2) is 41.8 Å². The summed E-state index contributed by atoms with van der Waals surface area (Å²) in [4.78, 5) is 12.1. The summed E-state index contributed by atoms with van der Waals surface area (Å²) in [7, 11) is 1.59. The van der Waals surface area contributed by atoms with Gasteiger partial charge in [0, 0.05) is 20.3 Å². The Labute approximate surface area is 133 Å². The van der Waals surface area contributed by atoms with Crippen LogP contribution in [0.2, 0.25) is 0 Å². The van der Waals surface area contributed by atoms with Crippen molar-refractivity contribution in [2.75, 3.05) is 32.2 Å². The summed E-state index contributed by atoms with van der Waals surface area (Å²) in [5.74, 6) is 0. The lowest BCUT2D eigenvalue weighted by molar-refractivity contribution is 0.181. The van der Waals surface area contributed by atoms with Crippen molar-refractivity contribution >= 4 is 21.6 Å². The third-order valence-corrected chi connectivity index (χ3v) is 4.03. The maximum atomic E-state index is 12.1. The van der Waals surface area contributed by atoms with Crippen LogP contribution in [0.5, 0.6) is 0 Å². The second kappa shape index (κ2) is 8.51. The van der Waals surface area contributed by atoms with Crippen LogP contribution in [-0.2, 0) is 11.3 Å². The van der Waals surface area contributed by atoms with Crippen LogP contribution in [0.4, 0.5) is 5.69 Å². The Morgan fingerprint density at radius 1 is 1.52 bits per heavy atom. The van der Waals surface area contributed by atoms with Gasteiger partial charge >= 0.3 is 0 Å². The minimum absolute atomic E-state index is 0.0348. The molecular formula is C14H24BrN3O3. The van der Waals surface area contributed by atoms with Gasteiger partial charge in [0.05, 0.1) is 25.0 Å². The first-order chi connectivity index (χ1) is 9.91. The Bertz CT molecular complexity index is 503. The molecule has 0 bridgehead atoms. The first-order valence-corrected chi connectivity index (χ1v) is 7.80. The van der Waals surface area contributed by atoms with Crippen LogP contribution >= 0.6 is 15.9 Å². The van der Waals surface area contributed by atoms with Crippen molar-refractivity contribution < 1.29 is 9.84 Å². The average molecular weight is 362 g/mol. The third kappa shape index (κ3) is 5.76. The summed E-state index contributed by atoms with van der Waals surface area (Å²) in [6.45, 7) is 6.02. The van der Waals surface area contributed by atoms with E-state index in [-0.39, 0.29) is 17.6 Å². The van der Waals surface area contributed by atoms with Crippen molar-refractivity contribution in [1.82, 2.24) is 9.78 Å². The highest BCUT2D eigenvalue weighted by molar-refractivity contribution is 9.10. The number of halogens is 1. The molecule has 1 heterocycles. The predicted molar refractivity (Wildman–Crippen MR) is 86.7 cm³/mol. The summed E-state index contributed by atoms with van der Waals surface area (Å²) in [5, 5.41) is 16.3. The molecule has 7 heteroatoms. The zero-order chi connectivity index (χ0) is 15.9. The van der Waals surface area contributed by atoms with E-state index < -0.39 is 0 Å². The highest BCUT2D eigenvalue weighted by atomic mass is 79.9. The molecule has 0 aliphatic heterocycles. The van der Waals surface area contributed by atoms with Gasteiger partial charge in [-0.15, -0.1) is 0 Å². The number of nitrogens with zero attached hydrogens (tertiary/aromatic N) is 2. The number of aromatic nitrogens is 2. The quantitative estimate of drug-likeness (QED) is 0.701. The van der Waals surface area contributed by atoms with Gasteiger partial charge in [0.15, 0.2) is 0 Å². The van der Waals surface area contributed by atoms with Crippen molar-refractivity contribution in [3.8, 4) is 0 Å². The van der Waals surface area contributed by atoms with Crippen molar-refractivity contribution in [2.45, 2.75) is 33.2 Å². The lowest BCUT2D eigenvalue weighted by Gasteiger charge is -2.25. The van der Waals surface area contributed by atoms with Gasteiger partial charge in [0.1, 0.15) is 4.47 Å². The van der Waals surface area contributed by atoms with E-state index >= 15 is 0 Å². The number of hydrogen-bond donors (Lipinski definition) is 2. The fraction of sp³-hybridized carbons (Fsp3) is 0.714. The fourth-order valence-electron chi connectivity index (χ4n) is 1.91. The number of methoxy groups -OCH3 is 1. The van der Waals surface area contributed by atoms with E-state index in [0.29, 0.717) is 29.9 Å². The second-order valence-corrected chi connectivity index (χ2v) is 6.53. The summed E-state index contributed by atoms with van der Waals surface area (Å²) >= 11 is 3.33. The van der Waals surface area contributed by atoms with Crippen molar-refractivity contribution in [1.29, 1.82) is 0 Å². The molecule has 1 aromatic rings. The molecule has 0 aliphatic carbocycles. The fourth-order valence-corrected chi connectivity index (χ4v) is 2.35. The monoisotopic (exact) mass is 361 g/mol. The molecule has 0 spiro atoms. The molecular weight excluding hydrogens is 338 g/mol. The number of anilines is 1. The minimum Gasteiger partial charge on any atom is -0.396 e. The number of aliphatic hydroxyl groups is 1. The van der Waals surface area contributed by atoms with Crippen molar-refractivity contribution in [2.24, 2.45) is 5.41 Å². The van der Waals surface area contributed by atoms with Crippen LogP contribution in [0, 0.1) is 5.41 Å². The van der Waals surface area contributed by atoms with Gasteiger partial charge in [-0.05, 0) is 34.2 Å². The number of rotatable bonds is 9. The van der Waals surface area contributed by atoms with Gasteiger partial charge < -0.3 is 15.2 Å². The second-order valence-electron chi connectivity index (χ2n) is 5.74. The summed E-state index contributed by atoms with van der Waals surface area (Å²) in [5.41, 5.74) is 0.545. The van der Waals surface area contributed by atoms with E-state index in [1.807, 2.05) is 0 Å². The molecule has 0 saturated heterocycles. The Morgan fingerprint density at radius 3 is 2.86 bits per heavy atom. The third-order valence-electron chi connectivity index (χ3n) is 3.26. The van der Waals surface area contributed by atoms with Gasteiger partial charge in [0.25, 0.3) is 5.56 Å². The van der Waals surface area contributed by atoms with Gasteiger partial charge in [0.2, 0.25) is 0 Å². The smallest absolute Gasteiger partial charge is 0.283 e. The van der Waals surface area contributed by atoms with Crippen LogP contribution in [0.25, 0.3) is 0 Å². The molecule has 0 radical (unpaired) electrons. The Hall–Kier alpha value is -0.920. The number of aliphatic hydroxyl groups excluding tert-OH is 1. The SMILES string of the molecule is COCCn1ncc(NCC(C)(C)CCCO)c(Br)c1=O. The highest BCUT2D eigenvalue weighted by Crippen LogP contribution is 2.24. The maximum Gasteiger partial charge on any atom is 0.283 e. The molecule has 2 N–H and O–H groups in total. The predicted octanol–water partition coefficient (Wildman–Crippen LogP) is 1.86. The zero-order valence-corrected chi connectivity index (χ0v) is 14.4. The molecule has 0 saturated carbocycles. The van der Waals surface area contributed by atoms with Crippen LogP contribution < -0.4 is 10.9 Å². The van der Waals surface area contributed by atoms with Gasteiger partial charge in [-0.1, -0.05) is 13.8 Å². The zero-order valence-electron chi connectivity index (χ0n) is 12.9. The molecule has 6 nitrogen and oxygen atoms in total. The van der Waals surface area contributed by atoms with Crippen LogP contribution in [0.15, 0.2) is 15.5 Å². The van der Waals surface area contributed by atoms with Gasteiger partial charge in [-0.3, -0.25) is 4.79 Å². The van der Waals surface area contributed by atoms with Gasteiger partial charge in [-0.2, -0.15) is 5.10 Å². The standard InChI is InChI=1S/C14H24BrN3O3/c1-14(2,5-4-7-19)10-16-11-9-17-18(6-8-21-3)13(20)12(11)15/h9,16,19H,4-8,10H2,1-3H3. The van der Waals surface area contributed by atoms with E-state index in [9.17, 15) is 4.79 Å². The van der Waals surface area contributed by atoms with E-state index in [1.165, 1.54) is 4.68 Å². The lowest BCUT2D eigenvalue weighted by Crippen LogP contribution is -2.28. The summed E-state index contributed by atoms with van der Waals surface area (Å²) in [6.07, 6.45) is 3.32. The Morgan fingerprint density at radius 2 is 2.24 bits per heavy atom. The molecule has 1 rings (SSSR count). The molecule has 21 heavy (non-hydrogen) atoms. The normalized spacial score (nSPS) is 11.7. The Balaban J connectivity index is 2.72. The van der Waals surface area contributed by atoms with Crippen molar-refractivity contribution in [3.05, 3.63) is 21.0 Å². The van der Waals surface area contributed by atoms with Crippen LogP contribution in [0.3, 0.4) is 0 Å². The van der Waals surface area contributed by atoms with Gasteiger partial charge in [-0.25, -0.2) is 4.68 Å². The molecule has 0 atom stereocenters. The van der Waals surface area contributed by atoms with E-state index in [4.69, 9.17) is 9.84 Å². The number of nitrogens with one attached hydrogen (secondary N) is 1. The summed E-state index contributed by atoms with van der Waals surface area (Å²) < 4.78 is 6.80. The van der Waals surface area contributed by atoms with E-state index in [0.717, 1.165) is 12.8 Å². The largest absolute Gasteiger partial charge is 0.396 e. The maximum absolute atomic E-state index is 12.1. The average Bonchev–Trinajstić information content (AvgIpc) is 2.46. The first-order valence-electron chi connectivity index (χ1n) is 7.00. The first kappa shape index (κ1) is 18.1. The Kier molecular flexibility index (Phi) is 7.34. The van der Waals surface area contributed by atoms with Crippen molar-refractivity contribution in [3.63, 3.8) is 0 Å². The number of hydrogen-bond acceptors (Lipinski definition) is 5. The number of ether oxygens (including phenoxy) is 1. The molecule has 0 aliphatic rings. The highest BCUT2D eigenvalue weighted by Gasteiger charge is 2.18. The summed E-state index contributed by atoms with van der Waals surface area (Å²) in [6, 6.07) is 0. The minimum atomic E-state index is -0.176. The van der Waals surface area contributed by atoms with Crippen LogP contribution in [0.1, 0.15) is 26.7 Å². The van der Waals surface area contributed by atoms with E-state index in [1.54, 1.807) is 13.3 Å². The molecule has 1 aromatic heterocycles. The molecule has 0 fully saturated rings. The lowest BCUT2D eigenvalue weighted by atomic mass is 9.88. The molecule has 0 amide bonds. The molecule has 0 aromatic carbocycles. The molecule has 120 valence electrons. The van der Waals surface area contributed by atoms with E-state index in [2.05, 4.69) is 40.2 Å².